The number of methoxy groups -OCH3 is 1. The van der Waals surface area contributed by atoms with E-state index in [1.54, 1.807) is 12.1 Å². The molecule has 1 aromatic carbocycles. The molecule has 1 aromatic rings. The molecule has 1 amide bonds. The lowest BCUT2D eigenvalue weighted by Gasteiger charge is -2.14. The van der Waals surface area contributed by atoms with Gasteiger partial charge in [-0.25, -0.2) is 4.39 Å². The summed E-state index contributed by atoms with van der Waals surface area (Å²) in [6, 6.07) is 4.79. The number of rotatable bonds is 6. The summed E-state index contributed by atoms with van der Waals surface area (Å²) in [5.74, 6) is -0.179. The summed E-state index contributed by atoms with van der Waals surface area (Å²) in [5.41, 5.74) is 2.06. The smallest absolute Gasteiger partial charge is 0.220 e. The highest BCUT2D eigenvalue weighted by atomic mass is 19.1. The Morgan fingerprint density at radius 3 is 3.00 bits per heavy atom. The van der Waals surface area contributed by atoms with Gasteiger partial charge in [-0.05, 0) is 37.1 Å². The first-order valence-corrected chi connectivity index (χ1v) is 7.17. The molecule has 1 heterocycles. The molecule has 0 aromatic heterocycles. The first-order valence-electron chi connectivity index (χ1n) is 7.17. The zero-order chi connectivity index (χ0) is 15.1. The maximum atomic E-state index is 13.5. The number of hydrogen-bond donors (Lipinski definition) is 2. The average Bonchev–Trinajstić information content (AvgIpc) is 2.52. The van der Waals surface area contributed by atoms with Crippen molar-refractivity contribution in [2.45, 2.75) is 19.3 Å². The fourth-order valence-corrected chi connectivity index (χ4v) is 2.25. The number of nitrogens with one attached hydrogen (secondary N) is 2. The molecule has 1 aliphatic rings. The fraction of sp³-hybridized carbons (Fsp3) is 0.438. The van der Waals surface area contributed by atoms with Crippen molar-refractivity contribution in [3.63, 3.8) is 0 Å². The lowest BCUT2D eigenvalue weighted by atomic mass is 10.1. The Kier molecular flexibility index (Phi) is 5.75. The molecule has 4 nitrogen and oxygen atoms in total. The van der Waals surface area contributed by atoms with Crippen molar-refractivity contribution in [3.05, 3.63) is 41.2 Å². The minimum absolute atomic E-state index is 0.00865. The largest absolute Gasteiger partial charge is 0.494 e. The van der Waals surface area contributed by atoms with Crippen molar-refractivity contribution in [3.8, 4) is 5.75 Å². The number of halogens is 1. The van der Waals surface area contributed by atoms with E-state index in [9.17, 15) is 9.18 Å². The zero-order valence-electron chi connectivity index (χ0n) is 12.2. The van der Waals surface area contributed by atoms with Crippen molar-refractivity contribution in [2.75, 3.05) is 26.7 Å². The van der Waals surface area contributed by atoms with Crippen LogP contribution in [0.1, 0.15) is 18.4 Å². The molecule has 21 heavy (non-hydrogen) atoms. The second-order valence-corrected chi connectivity index (χ2v) is 5.06. The molecular weight excluding hydrogens is 271 g/mol. The number of ether oxygens (including phenoxy) is 1. The third-order valence-corrected chi connectivity index (χ3v) is 3.53. The predicted octanol–water partition coefficient (Wildman–Crippen LogP) is 1.80. The monoisotopic (exact) mass is 292 g/mol. The molecule has 0 aliphatic carbocycles. The summed E-state index contributed by atoms with van der Waals surface area (Å²) in [7, 11) is 1.43. The summed E-state index contributed by atoms with van der Waals surface area (Å²) < 4.78 is 18.4. The zero-order valence-corrected chi connectivity index (χ0v) is 12.2. The van der Waals surface area contributed by atoms with Crippen LogP contribution in [0.5, 0.6) is 5.75 Å². The second-order valence-electron chi connectivity index (χ2n) is 5.06. The van der Waals surface area contributed by atoms with E-state index in [4.69, 9.17) is 4.74 Å². The number of amides is 1. The van der Waals surface area contributed by atoms with E-state index in [0.717, 1.165) is 25.1 Å². The number of hydrogen-bond acceptors (Lipinski definition) is 3. The molecule has 2 rings (SSSR count). The van der Waals surface area contributed by atoms with Gasteiger partial charge in [-0.2, -0.15) is 0 Å². The Morgan fingerprint density at radius 2 is 2.33 bits per heavy atom. The van der Waals surface area contributed by atoms with E-state index >= 15 is 0 Å². The van der Waals surface area contributed by atoms with Crippen LogP contribution < -0.4 is 15.4 Å². The van der Waals surface area contributed by atoms with E-state index in [1.807, 2.05) is 0 Å². The molecular formula is C16H21FN2O2. The van der Waals surface area contributed by atoms with Crippen LogP contribution in [0.25, 0.3) is 0 Å². The maximum Gasteiger partial charge on any atom is 0.220 e. The standard InChI is InChI=1S/C16H21FN2O2/c1-21-15-4-2-12(10-14(15)17)3-5-16(20)19-11-13-6-8-18-9-7-13/h2,4,6,10,18H,3,5,7-9,11H2,1H3,(H,19,20). The molecule has 114 valence electrons. The molecule has 0 radical (unpaired) electrons. The summed E-state index contributed by atoms with van der Waals surface area (Å²) >= 11 is 0. The first kappa shape index (κ1) is 15.5. The first-order chi connectivity index (χ1) is 10.2. The van der Waals surface area contributed by atoms with E-state index in [-0.39, 0.29) is 11.7 Å². The van der Waals surface area contributed by atoms with Gasteiger partial charge in [0.2, 0.25) is 5.91 Å². The van der Waals surface area contributed by atoms with Crippen LogP contribution in [0.4, 0.5) is 4.39 Å². The van der Waals surface area contributed by atoms with Crippen LogP contribution in [-0.4, -0.2) is 32.7 Å². The number of benzene rings is 1. The van der Waals surface area contributed by atoms with Gasteiger partial charge in [-0.1, -0.05) is 17.7 Å². The minimum atomic E-state index is -0.393. The van der Waals surface area contributed by atoms with Gasteiger partial charge in [-0.15, -0.1) is 0 Å². The summed E-state index contributed by atoms with van der Waals surface area (Å²) in [5, 5.41) is 6.14. The van der Waals surface area contributed by atoms with E-state index in [0.29, 0.717) is 19.4 Å². The highest BCUT2D eigenvalue weighted by molar-refractivity contribution is 5.76. The third kappa shape index (κ3) is 4.86. The molecule has 0 atom stereocenters. The lowest BCUT2D eigenvalue weighted by Crippen LogP contribution is -2.29. The second kappa shape index (κ2) is 7.78. The Morgan fingerprint density at radius 1 is 1.48 bits per heavy atom. The Labute approximate surface area is 124 Å². The van der Waals surface area contributed by atoms with Gasteiger partial charge < -0.3 is 15.4 Å². The minimum Gasteiger partial charge on any atom is -0.494 e. The maximum absolute atomic E-state index is 13.5. The van der Waals surface area contributed by atoms with Crippen LogP contribution in [0, 0.1) is 5.82 Å². The van der Waals surface area contributed by atoms with Gasteiger partial charge in [0.05, 0.1) is 7.11 Å². The van der Waals surface area contributed by atoms with Gasteiger partial charge in [0.15, 0.2) is 11.6 Å². The summed E-state index contributed by atoms with van der Waals surface area (Å²) in [6.45, 7) is 2.45. The molecule has 5 heteroatoms. The Hall–Kier alpha value is -1.88. The van der Waals surface area contributed by atoms with Crippen LogP contribution >= 0.6 is 0 Å². The summed E-state index contributed by atoms with van der Waals surface area (Å²) in [6.07, 6.45) is 3.97. The number of aryl methyl sites for hydroxylation is 1. The fourth-order valence-electron chi connectivity index (χ4n) is 2.25. The predicted molar refractivity (Wildman–Crippen MR) is 79.9 cm³/mol. The van der Waals surface area contributed by atoms with Gasteiger partial charge >= 0.3 is 0 Å². The topological polar surface area (TPSA) is 50.4 Å². The quantitative estimate of drug-likeness (QED) is 0.786. The normalized spacial score (nSPS) is 14.5. The molecule has 0 bridgehead atoms. The van der Waals surface area contributed by atoms with Gasteiger partial charge in [0.1, 0.15) is 0 Å². The molecule has 0 saturated carbocycles. The van der Waals surface area contributed by atoms with Crippen molar-refractivity contribution >= 4 is 5.91 Å². The van der Waals surface area contributed by atoms with E-state index in [2.05, 4.69) is 16.7 Å². The van der Waals surface area contributed by atoms with Crippen molar-refractivity contribution < 1.29 is 13.9 Å². The lowest BCUT2D eigenvalue weighted by molar-refractivity contribution is -0.120. The van der Waals surface area contributed by atoms with Gasteiger partial charge in [0, 0.05) is 19.5 Å². The Balaban J connectivity index is 1.75. The van der Waals surface area contributed by atoms with Crippen LogP contribution in [-0.2, 0) is 11.2 Å². The van der Waals surface area contributed by atoms with Crippen LogP contribution in [0.15, 0.2) is 29.8 Å². The van der Waals surface area contributed by atoms with Gasteiger partial charge in [-0.3, -0.25) is 4.79 Å². The SMILES string of the molecule is COc1ccc(CCC(=O)NCC2=CCNCC2)cc1F. The highest BCUT2D eigenvalue weighted by Gasteiger charge is 2.08. The van der Waals surface area contributed by atoms with Crippen LogP contribution in [0.2, 0.25) is 0 Å². The molecule has 2 N–H and O–H groups in total. The number of carbonyl (C=O) groups is 1. The van der Waals surface area contributed by atoms with Crippen molar-refractivity contribution in [1.29, 1.82) is 0 Å². The van der Waals surface area contributed by atoms with E-state index in [1.165, 1.54) is 18.7 Å². The summed E-state index contributed by atoms with van der Waals surface area (Å²) in [4.78, 5) is 11.8. The molecule has 1 aliphatic heterocycles. The molecule has 0 unspecified atom stereocenters. The van der Waals surface area contributed by atoms with Crippen LogP contribution in [0.3, 0.4) is 0 Å². The molecule has 0 saturated heterocycles. The number of carbonyl (C=O) groups excluding carboxylic acids is 1. The molecule has 0 spiro atoms. The van der Waals surface area contributed by atoms with Gasteiger partial charge in [0.25, 0.3) is 0 Å². The molecule has 0 fully saturated rings. The highest BCUT2D eigenvalue weighted by Crippen LogP contribution is 2.18. The van der Waals surface area contributed by atoms with Crippen molar-refractivity contribution in [2.24, 2.45) is 0 Å². The third-order valence-electron chi connectivity index (χ3n) is 3.53. The average molecular weight is 292 g/mol. The van der Waals surface area contributed by atoms with E-state index < -0.39 is 5.82 Å². The van der Waals surface area contributed by atoms with Crippen molar-refractivity contribution in [1.82, 2.24) is 10.6 Å². The Bertz CT molecular complexity index is 529.